The van der Waals surface area contributed by atoms with E-state index in [2.05, 4.69) is 0 Å². The SMILES string of the molecule is O=C1OCCC=C[C@H]2O[C@]34C=CCN(c5ccc6ccccc6c5)C(=O)C3N([C@H](CO)c3ccccc3)C(=O)[C@@H]4[C@@H]12. The number of esters is 1. The first-order chi connectivity index (χ1) is 20.0. The van der Waals surface area contributed by atoms with Crippen LogP contribution in [0.5, 0.6) is 0 Å². The number of aliphatic hydroxyl groups is 1. The molecule has 2 fully saturated rings. The van der Waals surface area contributed by atoms with Crippen LogP contribution in [0.3, 0.4) is 0 Å². The molecule has 2 amide bonds. The van der Waals surface area contributed by atoms with Gasteiger partial charge in [-0.15, -0.1) is 0 Å². The van der Waals surface area contributed by atoms with Crippen molar-refractivity contribution in [1.82, 2.24) is 4.90 Å². The van der Waals surface area contributed by atoms with Crippen molar-refractivity contribution in [3.8, 4) is 0 Å². The van der Waals surface area contributed by atoms with Crippen molar-refractivity contribution in [1.29, 1.82) is 0 Å². The molecule has 2 saturated heterocycles. The number of benzene rings is 3. The molecule has 6 atom stereocenters. The van der Waals surface area contributed by atoms with Gasteiger partial charge in [-0.1, -0.05) is 85.0 Å². The van der Waals surface area contributed by atoms with E-state index in [9.17, 15) is 19.5 Å². The monoisotopic (exact) mass is 550 g/mol. The Balaban J connectivity index is 1.38. The number of hydrogen-bond donors (Lipinski definition) is 1. The molecule has 8 nitrogen and oxygen atoms in total. The molecule has 4 heterocycles. The lowest BCUT2D eigenvalue weighted by Crippen LogP contribution is -2.56. The number of carbonyl (C=O) groups is 3. The summed E-state index contributed by atoms with van der Waals surface area (Å²) in [7, 11) is 0. The van der Waals surface area contributed by atoms with Gasteiger partial charge in [-0.2, -0.15) is 0 Å². The number of likely N-dealkylation sites (tertiary alicyclic amines) is 1. The quantitative estimate of drug-likeness (QED) is 0.394. The Labute approximate surface area is 237 Å². The number of cyclic esters (lactones) is 1. The molecule has 3 aromatic carbocycles. The summed E-state index contributed by atoms with van der Waals surface area (Å²) < 4.78 is 12.2. The molecule has 4 aliphatic heterocycles. The van der Waals surface area contributed by atoms with Crippen LogP contribution in [0, 0.1) is 11.8 Å². The van der Waals surface area contributed by atoms with Crippen LogP contribution in [0.2, 0.25) is 0 Å². The molecule has 1 N–H and O–H groups in total. The Morgan fingerprint density at radius 1 is 0.927 bits per heavy atom. The largest absolute Gasteiger partial charge is 0.465 e. The summed E-state index contributed by atoms with van der Waals surface area (Å²) >= 11 is 0. The van der Waals surface area contributed by atoms with E-state index in [1.54, 1.807) is 11.0 Å². The predicted molar refractivity (Wildman–Crippen MR) is 152 cm³/mol. The van der Waals surface area contributed by atoms with Crippen LogP contribution in [-0.2, 0) is 23.9 Å². The van der Waals surface area contributed by atoms with Gasteiger partial charge in [0.1, 0.15) is 17.6 Å². The number of fused-ring (bicyclic) bond motifs is 3. The Morgan fingerprint density at radius 3 is 2.51 bits per heavy atom. The van der Waals surface area contributed by atoms with E-state index in [0.29, 0.717) is 17.7 Å². The molecule has 1 spiro atoms. The van der Waals surface area contributed by atoms with E-state index < -0.39 is 54.1 Å². The van der Waals surface area contributed by atoms with Crippen molar-refractivity contribution in [2.24, 2.45) is 11.8 Å². The standard InChI is InChI=1S/C33H30N2O6/c36-20-25(22-10-2-1-3-11-22)35-29-31(38)34(24-15-14-21-9-4-5-12-23(21)19-24)17-8-16-33(29)28(30(35)37)27-26(41-33)13-6-7-18-40-32(27)39/h1-6,8-16,19,25-29,36H,7,17-18,20H2/t25-,26-,27+,28+,29?,33+/m1/s1. The summed E-state index contributed by atoms with van der Waals surface area (Å²) in [5, 5.41) is 12.7. The lowest BCUT2D eigenvalue weighted by atomic mass is 9.77. The number of anilines is 1. The van der Waals surface area contributed by atoms with Crippen molar-refractivity contribution in [2.45, 2.75) is 30.2 Å². The number of hydrogen-bond acceptors (Lipinski definition) is 6. The summed E-state index contributed by atoms with van der Waals surface area (Å²) in [4.78, 5) is 45.7. The van der Waals surface area contributed by atoms with Crippen LogP contribution in [0.1, 0.15) is 18.0 Å². The molecule has 8 heteroatoms. The van der Waals surface area contributed by atoms with Gasteiger partial charge >= 0.3 is 5.97 Å². The minimum Gasteiger partial charge on any atom is -0.465 e. The molecule has 4 aliphatic rings. The van der Waals surface area contributed by atoms with E-state index in [1.807, 2.05) is 91.0 Å². The number of aliphatic hydroxyl groups excluding tert-OH is 1. The van der Waals surface area contributed by atoms with Crippen LogP contribution < -0.4 is 4.90 Å². The average molecular weight is 551 g/mol. The molecular weight excluding hydrogens is 520 g/mol. The summed E-state index contributed by atoms with van der Waals surface area (Å²) in [6.07, 6.45) is 7.19. The van der Waals surface area contributed by atoms with Gasteiger partial charge in [-0.05, 0) is 34.9 Å². The van der Waals surface area contributed by atoms with Crippen LogP contribution >= 0.6 is 0 Å². The maximum atomic E-state index is 14.7. The third kappa shape index (κ3) is 3.93. The zero-order valence-electron chi connectivity index (χ0n) is 22.3. The Kier molecular flexibility index (Phi) is 6.25. The third-order valence-corrected chi connectivity index (χ3v) is 8.80. The fourth-order valence-electron chi connectivity index (χ4n) is 6.99. The van der Waals surface area contributed by atoms with Crippen molar-refractivity contribution in [3.05, 3.63) is 103 Å². The summed E-state index contributed by atoms with van der Waals surface area (Å²) in [5.41, 5.74) is -0.0337. The second-order valence-corrected chi connectivity index (χ2v) is 11.0. The fraction of sp³-hybridized carbons (Fsp3) is 0.303. The fourth-order valence-corrected chi connectivity index (χ4v) is 6.99. The molecule has 41 heavy (non-hydrogen) atoms. The Morgan fingerprint density at radius 2 is 1.71 bits per heavy atom. The maximum absolute atomic E-state index is 14.7. The average Bonchev–Trinajstić information content (AvgIpc) is 3.37. The minimum atomic E-state index is -1.41. The zero-order valence-corrected chi connectivity index (χ0v) is 22.3. The van der Waals surface area contributed by atoms with Crippen molar-refractivity contribution in [2.75, 3.05) is 24.7 Å². The molecular formula is C33H30N2O6. The summed E-state index contributed by atoms with van der Waals surface area (Å²) in [5.74, 6) is -3.14. The first-order valence-corrected chi connectivity index (χ1v) is 14.0. The smallest absolute Gasteiger partial charge is 0.312 e. The van der Waals surface area contributed by atoms with Crippen LogP contribution in [0.4, 0.5) is 5.69 Å². The molecule has 1 unspecified atom stereocenters. The van der Waals surface area contributed by atoms with E-state index >= 15 is 0 Å². The van der Waals surface area contributed by atoms with Crippen molar-refractivity contribution >= 4 is 34.2 Å². The maximum Gasteiger partial charge on any atom is 0.312 e. The van der Waals surface area contributed by atoms with Crippen molar-refractivity contribution < 1.29 is 29.0 Å². The molecule has 7 rings (SSSR count). The van der Waals surface area contributed by atoms with Crippen molar-refractivity contribution in [3.63, 3.8) is 0 Å². The van der Waals surface area contributed by atoms with E-state index in [1.165, 1.54) is 4.90 Å². The highest BCUT2D eigenvalue weighted by molar-refractivity contribution is 6.06. The molecule has 208 valence electrons. The highest BCUT2D eigenvalue weighted by Crippen LogP contribution is 2.55. The molecule has 0 aliphatic carbocycles. The van der Waals surface area contributed by atoms with Crippen LogP contribution in [0.15, 0.2) is 97.1 Å². The lowest BCUT2D eigenvalue weighted by Gasteiger charge is -2.38. The second kappa shape index (κ2) is 9.98. The van der Waals surface area contributed by atoms with Gasteiger partial charge in [0.25, 0.3) is 5.91 Å². The van der Waals surface area contributed by atoms with Crippen LogP contribution in [0.25, 0.3) is 10.8 Å². The Bertz CT molecular complexity index is 1580. The van der Waals surface area contributed by atoms with Crippen LogP contribution in [-0.4, -0.2) is 65.3 Å². The molecule has 0 radical (unpaired) electrons. The number of ether oxygens (including phenoxy) is 2. The number of carbonyl (C=O) groups excluding carboxylic acids is 3. The number of nitrogens with zero attached hydrogens (tertiary/aromatic N) is 2. The van der Waals surface area contributed by atoms with Gasteiger partial charge in [0, 0.05) is 12.2 Å². The van der Waals surface area contributed by atoms with E-state index in [0.717, 1.165) is 10.8 Å². The van der Waals surface area contributed by atoms with Gasteiger partial charge in [-0.3, -0.25) is 14.4 Å². The van der Waals surface area contributed by atoms with Gasteiger partial charge in [-0.25, -0.2) is 0 Å². The predicted octanol–water partition coefficient (Wildman–Crippen LogP) is 3.56. The highest BCUT2D eigenvalue weighted by atomic mass is 16.6. The van der Waals surface area contributed by atoms with Gasteiger partial charge in [0.2, 0.25) is 5.91 Å². The summed E-state index contributed by atoms with van der Waals surface area (Å²) in [6.45, 7) is 0.0755. The molecule has 0 bridgehead atoms. The highest BCUT2D eigenvalue weighted by Gasteiger charge is 2.72. The topological polar surface area (TPSA) is 96.4 Å². The normalized spacial score (nSPS) is 29.8. The molecule has 3 aromatic rings. The lowest BCUT2D eigenvalue weighted by molar-refractivity contribution is -0.155. The van der Waals surface area contributed by atoms with E-state index in [-0.39, 0.29) is 19.1 Å². The van der Waals surface area contributed by atoms with Gasteiger partial charge in [0.15, 0.2) is 0 Å². The van der Waals surface area contributed by atoms with E-state index in [4.69, 9.17) is 9.47 Å². The number of amides is 2. The molecule has 0 aromatic heterocycles. The first-order valence-electron chi connectivity index (χ1n) is 14.0. The minimum absolute atomic E-state index is 0.216. The third-order valence-electron chi connectivity index (χ3n) is 8.80. The summed E-state index contributed by atoms with van der Waals surface area (Å²) in [6, 6.07) is 21.0. The first kappa shape index (κ1) is 25.7. The Hall–Kier alpha value is -4.27. The zero-order chi connectivity index (χ0) is 28.1. The molecule has 0 saturated carbocycles. The number of rotatable bonds is 4. The van der Waals surface area contributed by atoms with Gasteiger partial charge < -0.3 is 24.4 Å². The van der Waals surface area contributed by atoms with Gasteiger partial charge in [0.05, 0.1) is 31.3 Å². The second-order valence-electron chi connectivity index (χ2n) is 11.0.